The Morgan fingerprint density at radius 3 is 2.57 bits per heavy atom. The highest BCUT2D eigenvalue weighted by Crippen LogP contribution is 2.23. The van der Waals surface area contributed by atoms with Crippen molar-refractivity contribution in [3.05, 3.63) is 34.2 Å². The summed E-state index contributed by atoms with van der Waals surface area (Å²) in [4.78, 5) is 28.7. The summed E-state index contributed by atoms with van der Waals surface area (Å²) in [6.45, 7) is 1.23. The number of H-pyrrole nitrogens is 1. The average Bonchev–Trinajstić information content (AvgIpc) is 2.77. The van der Waals surface area contributed by atoms with Crippen LogP contribution in [0.1, 0.15) is 55.4 Å². The number of rotatable bonds is 5. The molecule has 1 heterocycles. The Kier molecular flexibility index (Phi) is 5.99. The molecule has 1 aromatic rings. The highest BCUT2D eigenvalue weighted by Gasteiger charge is 2.25. The zero-order chi connectivity index (χ0) is 15.1. The lowest BCUT2D eigenvalue weighted by atomic mass is 10.1. The molecule has 1 aromatic heterocycles. The molecule has 1 saturated carbocycles. The van der Waals surface area contributed by atoms with E-state index in [2.05, 4.69) is 4.98 Å². The first-order valence-corrected chi connectivity index (χ1v) is 7.93. The molecule has 0 radical (unpaired) electrons. The van der Waals surface area contributed by atoms with Crippen LogP contribution in [0.25, 0.3) is 0 Å². The predicted molar refractivity (Wildman–Crippen MR) is 83.3 cm³/mol. The third-order valence-electron chi connectivity index (χ3n) is 4.13. The van der Waals surface area contributed by atoms with E-state index in [1.807, 2.05) is 4.90 Å². The maximum absolute atomic E-state index is 12.7. The monoisotopic (exact) mass is 291 g/mol. The molecule has 0 aliphatic heterocycles. The van der Waals surface area contributed by atoms with Gasteiger partial charge < -0.3 is 15.6 Å². The SMILES string of the molecule is NCCCN(C(=O)c1cccc(=O)[nH]1)C1CCCCCC1. The highest BCUT2D eigenvalue weighted by molar-refractivity contribution is 5.92. The van der Waals surface area contributed by atoms with Gasteiger partial charge in [0.05, 0.1) is 0 Å². The van der Waals surface area contributed by atoms with E-state index in [-0.39, 0.29) is 17.5 Å². The van der Waals surface area contributed by atoms with Crippen molar-refractivity contribution in [2.45, 2.75) is 51.0 Å². The lowest BCUT2D eigenvalue weighted by Crippen LogP contribution is -2.42. The standard InChI is InChI=1S/C16H25N3O2/c17-11-6-12-19(13-7-3-1-2-4-8-13)16(21)14-9-5-10-15(20)18-14/h5,9-10,13H,1-4,6-8,11-12,17H2,(H,18,20). The van der Waals surface area contributed by atoms with Crippen LogP contribution in [0.5, 0.6) is 0 Å². The summed E-state index contributed by atoms with van der Waals surface area (Å²) >= 11 is 0. The minimum atomic E-state index is -0.236. The maximum Gasteiger partial charge on any atom is 0.270 e. The van der Waals surface area contributed by atoms with E-state index in [9.17, 15) is 9.59 Å². The van der Waals surface area contributed by atoms with Crippen molar-refractivity contribution in [1.82, 2.24) is 9.88 Å². The van der Waals surface area contributed by atoms with Crippen LogP contribution < -0.4 is 11.3 Å². The topological polar surface area (TPSA) is 79.2 Å². The van der Waals surface area contributed by atoms with Crippen LogP contribution in [-0.4, -0.2) is 34.9 Å². The smallest absolute Gasteiger partial charge is 0.270 e. The molecule has 21 heavy (non-hydrogen) atoms. The molecule has 3 N–H and O–H groups in total. The first-order valence-electron chi connectivity index (χ1n) is 7.93. The molecule has 0 saturated heterocycles. The number of carbonyl (C=O) groups excluding carboxylic acids is 1. The molecule has 0 unspecified atom stereocenters. The summed E-state index contributed by atoms with van der Waals surface area (Å²) in [5.74, 6) is -0.0759. The number of amides is 1. The lowest BCUT2D eigenvalue weighted by molar-refractivity contribution is 0.0652. The zero-order valence-corrected chi connectivity index (χ0v) is 12.5. The number of hydrogen-bond donors (Lipinski definition) is 2. The number of nitrogens with one attached hydrogen (secondary N) is 1. The van der Waals surface area contributed by atoms with Gasteiger partial charge in [0.1, 0.15) is 5.69 Å². The fourth-order valence-electron chi connectivity index (χ4n) is 3.01. The number of hydrogen-bond acceptors (Lipinski definition) is 3. The second-order valence-corrected chi connectivity index (χ2v) is 5.71. The minimum absolute atomic E-state index is 0.0759. The van der Waals surface area contributed by atoms with Crippen molar-refractivity contribution in [3.63, 3.8) is 0 Å². The number of nitrogens with two attached hydrogens (primary N) is 1. The van der Waals surface area contributed by atoms with Crippen LogP contribution in [0.4, 0.5) is 0 Å². The van der Waals surface area contributed by atoms with Crippen molar-refractivity contribution >= 4 is 5.91 Å². The molecular formula is C16H25N3O2. The van der Waals surface area contributed by atoms with Crippen molar-refractivity contribution in [2.75, 3.05) is 13.1 Å². The molecule has 0 spiro atoms. The van der Waals surface area contributed by atoms with E-state index in [1.54, 1.807) is 12.1 Å². The van der Waals surface area contributed by atoms with E-state index in [0.29, 0.717) is 18.8 Å². The highest BCUT2D eigenvalue weighted by atomic mass is 16.2. The Morgan fingerprint density at radius 1 is 1.24 bits per heavy atom. The zero-order valence-electron chi connectivity index (χ0n) is 12.5. The summed E-state index contributed by atoms with van der Waals surface area (Å²) in [6.07, 6.45) is 7.72. The Bertz CT molecular complexity index is 504. The van der Waals surface area contributed by atoms with E-state index >= 15 is 0 Å². The lowest BCUT2D eigenvalue weighted by Gasteiger charge is -2.31. The molecule has 5 nitrogen and oxygen atoms in total. The third kappa shape index (κ3) is 4.43. The van der Waals surface area contributed by atoms with Gasteiger partial charge in [-0.05, 0) is 31.9 Å². The Morgan fingerprint density at radius 2 is 1.95 bits per heavy atom. The van der Waals surface area contributed by atoms with Gasteiger partial charge in [-0.15, -0.1) is 0 Å². The molecule has 116 valence electrons. The molecule has 0 bridgehead atoms. The van der Waals surface area contributed by atoms with Gasteiger partial charge in [-0.2, -0.15) is 0 Å². The van der Waals surface area contributed by atoms with E-state index < -0.39 is 0 Å². The van der Waals surface area contributed by atoms with Crippen LogP contribution in [0.3, 0.4) is 0 Å². The Balaban J connectivity index is 2.17. The normalized spacial score (nSPS) is 16.4. The summed E-state index contributed by atoms with van der Waals surface area (Å²) in [6, 6.07) is 5.00. The second-order valence-electron chi connectivity index (χ2n) is 5.71. The van der Waals surface area contributed by atoms with Gasteiger partial charge in [-0.1, -0.05) is 31.7 Å². The predicted octanol–water partition coefficient (Wildman–Crippen LogP) is 1.89. The number of aromatic nitrogens is 1. The van der Waals surface area contributed by atoms with Gasteiger partial charge in [0.15, 0.2) is 0 Å². The van der Waals surface area contributed by atoms with E-state index in [1.165, 1.54) is 31.7 Å². The first kappa shape index (κ1) is 15.8. The Labute approximate surface area is 125 Å². The van der Waals surface area contributed by atoms with Crippen molar-refractivity contribution < 1.29 is 4.79 Å². The van der Waals surface area contributed by atoms with Crippen molar-refractivity contribution in [3.8, 4) is 0 Å². The van der Waals surface area contributed by atoms with Gasteiger partial charge in [0.25, 0.3) is 5.91 Å². The third-order valence-corrected chi connectivity index (χ3v) is 4.13. The van der Waals surface area contributed by atoms with Crippen molar-refractivity contribution in [1.29, 1.82) is 0 Å². The first-order chi connectivity index (χ1) is 10.2. The molecular weight excluding hydrogens is 266 g/mol. The maximum atomic E-state index is 12.7. The molecule has 0 atom stereocenters. The Hall–Kier alpha value is -1.62. The van der Waals surface area contributed by atoms with E-state index in [4.69, 9.17) is 5.73 Å². The van der Waals surface area contributed by atoms with Crippen molar-refractivity contribution in [2.24, 2.45) is 5.73 Å². The van der Waals surface area contributed by atoms with Crippen LogP contribution in [0.2, 0.25) is 0 Å². The number of aromatic amines is 1. The number of pyridine rings is 1. The van der Waals surface area contributed by atoms with Gasteiger partial charge in [-0.3, -0.25) is 9.59 Å². The molecule has 1 amide bonds. The summed E-state index contributed by atoms with van der Waals surface area (Å²) in [5.41, 5.74) is 5.75. The average molecular weight is 291 g/mol. The molecule has 1 aliphatic rings. The van der Waals surface area contributed by atoms with Gasteiger partial charge in [0.2, 0.25) is 5.56 Å². The minimum Gasteiger partial charge on any atom is -0.334 e. The molecule has 0 aromatic carbocycles. The molecule has 2 rings (SSSR count). The largest absolute Gasteiger partial charge is 0.334 e. The quantitative estimate of drug-likeness (QED) is 0.813. The fourth-order valence-corrected chi connectivity index (χ4v) is 3.01. The number of nitrogens with zero attached hydrogens (tertiary/aromatic N) is 1. The second kappa shape index (κ2) is 7.98. The van der Waals surface area contributed by atoms with Gasteiger partial charge in [-0.25, -0.2) is 0 Å². The van der Waals surface area contributed by atoms with Crippen LogP contribution in [-0.2, 0) is 0 Å². The molecule has 1 fully saturated rings. The van der Waals surface area contributed by atoms with Gasteiger partial charge in [0, 0.05) is 18.7 Å². The fraction of sp³-hybridized carbons (Fsp3) is 0.625. The molecule has 1 aliphatic carbocycles. The summed E-state index contributed by atoms with van der Waals surface area (Å²) in [7, 11) is 0. The molecule has 5 heteroatoms. The van der Waals surface area contributed by atoms with E-state index in [0.717, 1.165) is 19.3 Å². The van der Waals surface area contributed by atoms with Crippen LogP contribution >= 0.6 is 0 Å². The number of carbonyl (C=O) groups is 1. The van der Waals surface area contributed by atoms with Crippen LogP contribution in [0.15, 0.2) is 23.0 Å². The van der Waals surface area contributed by atoms with Gasteiger partial charge >= 0.3 is 0 Å². The van der Waals surface area contributed by atoms with Crippen LogP contribution in [0, 0.1) is 0 Å². The summed E-state index contributed by atoms with van der Waals surface area (Å²) < 4.78 is 0. The summed E-state index contributed by atoms with van der Waals surface area (Å²) in [5, 5.41) is 0.